The Bertz CT molecular complexity index is 809. The van der Waals surface area contributed by atoms with Crippen LogP contribution in [-0.4, -0.2) is 35.0 Å². The molecule has 1 heterocycles. The number of amides is 1. The predicted octanol–water partition coefficient (Wildman–Crippen LogP) is 1.02. The fraction of sp³-hybridized carbons (Fsp3) is 0.550. The molecule has 1 aliphatic carbocycles. The van der Waals surface area contributed by atoms with Crippen molar-refractivity contribution in [1.29, 1.82) is 0 Å². The number of H-pyrrole nitrogens is 1. The minimum absolute atomic E-state index is 0.0875. The van der Waals surface area contributed by atoms with Gasteiger partial charge < -0.3 is 15.2 Å². The number of carbonyl (C=O) groups excluding carboxylic acids is 1. The highest BCUT2D eigenvalue weighted by molar-refractivity contribution is 5.77. The molecule has 1 atom stereocenters. The van der Waals surface area contributed by atoms with Crippen molar-refractivity contribution < 1.29 is 9.69 Å². The molecule has 1 amide bonds. The smallest absolute Gasteiger partial charge is 0.275 e. The third kappa shape index (κ3) is 4.69. The van der Waals surface area contributed by atoms with Crippen LogP contribution in [0.4, 0.5) is 0 Å². The zero-order valence-corrected chi connectivity index (χ0v) is 15.7. The van der Waals surface area contributed by atoms with Crippen molar-refractivity contribution in [3.63, 3.8) is 0 Å². The zero-order chi connectivity index (χ0) is 18.5. The molecule has 140 valence electrons. The quantitative estimate of drug-likeness (QED) is 0.722. The minimum atomic E-state index is -0.123. The van der Waals surface area contributed by atoms with Crippen molar-refractivity contribution in [3.8, 4) is 0 Å². The van der Waals surface area contributed by atoms with Crippen molar-refractivity contribution in [1.82, 2.24) is 15.3 Å². The third-order valence-electron chi connectivity index (χ3n) is 5.37. The van der Waals surface area contributed by atoms with Crippen LogP contribution in [0.3, 0.4) is 0 Å². The van der Waals surface area contributed by atoms with Crippen LogP contribution in [0.25, 0.3) is 10.9 Å². The second kappa shape index (κ2) is 8.45. The summed E-state index contributed by atoms with van der Waals surface area (Å²) < 4.78 is 0. The molecule has 2 aromatic rings. The Kier molecular flexibility index (Phi) is 6.04. The third-order valence-corrected chi connectivity index (χ3v) is 5.37. The second-order valence-corrected chi connectivity index (χ2v) is 7.51. The van der Waals surface area contributed by atoms with Crippen LogP contribution in [-0.2, 0) is 11.3 Å². The van der Waals surface area contributed by atoms with E-state index in [1.54, 1.807) is 6.07 Å². The van der Waals surface area contributed by atoms with Gasteiger partial charge in [0.05, 0.1) is 17.4 Å². The molecule has 1 aromatic heterocycles. The van der Waals surface area contributed by atoms with E-state index in [9.17, 15) is 9.59 Å². The predicted molar refractivity (Wildman–Crippen MR) is 102 cm³/mol. The molecule has 6 nitrogen and oxygen atoms in total. The van der Waals surface area contributed by atoms with Gasteiger partial charge in [0.25, 0.3) is 11.5 Å². The van der Waals surface area contributed by atoms with Gasteiger partial charge in [0.15, 0.2) is 12.4 Å². The summed E-state index contributed by atoms with van der Waals surface area (Å²) in [5, 5.41) is 3.77. The number of para-hydroxylation sites is 1. The largest absolute Gasteiger partial charge is 0.348 e. The Labute approximate surface area is 154 Å². The van der Waals surface area contributed by atoms with E-state index in [0.717, 1.165) is 30.2 Å². The van der Waals surface area contributed by atoms with Gasteiger partial charge in [0.1, 0.15) is 6.54 Å². The zero-order valence-electron chi connectivity index (χ0n) is 15.7. The summed E-state index contributed by atoms with van der Waals surface area (Å²) in [6.45, 7) is 6.05. The highest BCUT2D eigenvalue weighted by Crippen LogP contribution is 2.23. The van der Waals surface area contributed by atoms with Crippen LogP contribution in [0.5, 0.6) is 0 Å². The van der Waals surface area contributed by atoms with E-state index in [-0.39, 0.29) is 11.5 Å². The summed E-state index contributed by atoms with van der Waals surface area (Å²) in [5.74, 6) is 1.49. The molecule has 26 heavy (non-hydrogen) atoms. The molecule has 1 aromatic carbocycles. The van der Waals surface area contributed by atoms with E-state index in [1.165, 1.54) is 12.8 Å². The van der Waals surface area contributed by atoms with Crippen molar-refractivity contribution in [2.75, 3.05) is 13.1 Å². The van der Waals surface area contributed by atoms with Crippen molar-refractivity contribution in [2.45, 2.75) is 52.1 Å². The molecule has 0 radical (unpaired) electrons. The van der Waals surface area contributed by atoms with E-state index in [1.807, 2.05) is 25.1 Å². The van der Waals surface area contributed by atoms with Gasteiger partial charge in [-0.1, -0.05) is 19.1 Å². The monoisotopic (exact) mass is 357 g/mol. The summed E-state index contributed by atoms with van der Waals surface area (Å²) in [5.41, 5.74) is 0.573. The van der Waals surface area contributed by atoms with Crippen molar-refractivity contribution >= 4 is 16.8 Å². The summed E-state index contributed by atoms with van der Waals surface area (Å²) in [6, 6.07) is 7.64. The molecule has 6 heteroatoms. The number of hydrogen-bond acceptors (Lipinski definition) is 3. The maximum atomic E-state index is 12.4. The molecule has 1 saturated carbocycles. The highest BCUT2D eigenvalue weighted by Gasteiger charge is 2.22. The Morgan fingerprint density at radius 3 is 2.73 bits per heavy atom. The van der Waals surface area contributed by atoms with Crippen LogP contribution in [0.2, 0.25) is 0 Å². The summed E-state index contributed by atoms with van der Waals surface area (Å²) in [6.07, 6.45) is 4.54. The van der Waals surface area contributed by atoms with Gasteiger partial charge in [-0.3, -0.25) is 9.59 Å². The van der Waals surface area contributed by atoms with Gasteiger partial charge in [-0.05, 0) is 50.7 Å². The molecular weight excluding hydrogens is 328 g/mol. The van der Waals surface area contributed by atoms with Crippen LogP contribution < -0.4 is 15.8 Å². The molecule has 0 spiro atoms. The second-order valence-electron chi connectivity index (χ2n) is 7.51. The molecule has 1 fully saturated rings. The number of hydrogen-bond donors (Lipinski definition) is 3. The molecular formula is C20H29N4O2+. The maximum Gasteiger partial charge on any atom is 0.275 e. The first kappa shape index (κ1) is 18.6. The number of benzene rings is 1. The lowest BCUT2D eigenvalue weighted by atomic mass is 9.87. The number of quaternary nitrogens is 1. The first-order valence-electron chi connectivity index (χ1n) is 9.66. The van der Waals surface area contributed by atoms with Gasteiger partial charge in [0.2, 0.25) is 0 Å². The van der Waals surface area contributed by atoms with E-state index < -0.39 is 0 Å². The van der Waals surface area contributed by atoms with Crippen molar-refractivity contribution in [3.05, 3.63) is 40.4 Å². The van der Waals surface area contributed by atoms with E-state index >= 15 is 0 Å². The first-order chi connectivity index (χ1) is 12.5. The van der Waals surface area contributed by atoms with Crippen LogP contribution in [0.1, 0.15) is 45.4 Å². The van der Waals surface area contributed by atoms with E-state index in [4.69, 9.17) is 0 Å². The number of carbonyl (C=O) groups is 1. The number of fused-ring (bicyclic) bond motifs is 1. The lowest BCUT2D eigenvalue weighted by molar-refractivity contribution is -0.904. The van der Waals surface area contributed by atoms with Gasteiger partial charge in [0, 0.05) is 6.04 Å². The van der Waals surface area contributed by atoms with Gasteiger partial charge in [-0.15, -0.1) is 0 Å². The number of aromatic nitrogens is 2. The summed E-state index contributed by atoms with van der Waals surface area (Å²) >= 11 is 0. The lowest BCUT2D eigenvalue weighted by Gasteiger charge is -2.27. The van der Waals surface area contributed by atoms with Gasteiger partial charge >= 0.3 is 0 Å². The Morgan fingerprint density at radius 1 is 1.27 bits per heavy atom. The Morgan fingerprint density at radius 2 is 2.00 bits per heavy atom. The average Bonchev–Trinajstić information content (AvgIpc) is 2.63. The molecule has 0 bridgehead atoms. The summed E-state index contributed by atoms with van der Waals surface area (Å²) in [7, 11) is 0. The average molecular weight is 357 g/mol. The highest BCUT2D eigenvalue weighted by atomic mass is 16.2. The molecule has 3 N–H and O–H groups in total. The number of nitrogens with zero attached hydrogens (tertiary/aromatic N) is 1. The van der Waals surface area contributed by atoms with Gasteiger partial charge in [-0.2, -0.15) is 0 Å². The number of likely N-dealkylation sites (N-methyl/N-ethyl adjacent to an activating group) is 1. The number of aromatic amines is 1. The summed E-state index contributed by atoms with van der Waals surface area (Å²) in [4.78, 5) is 33.1. The standard InChI is InChI=1S/C20H28N4O2/c1-3-24(13-19(25)21-15-10-8-14(2)9-11-15)12-18-22-17-7-5-4-6-16(17)20(26)23-18/h4-7,14-15H,3,8-13H2,1-2H3,(H,21,25)(H,22,23,26)/p+1. The molecule has 0 saturated heterocycles. The molecule has 0 aliphatic heterocycles. The molecule has 1 aliphatic rings. The first-order valence-corrected chi connectivity index (χ1v) is 9.66. The topological polar surface area (TPSA) is 79.3 Å². The van der Waals surface area contributed by atoms with Gasteiger partial charge in [-0.25, -0.2) is 4.98 Å². The fourth-order valence-corrected chi connectivity index (χ4v) is 3.68. The van der Waals surface area contributed by atoms with Crippen LogP contribution in [0.15, 0.2) is 29.1 Å². The lowest BCUT2D eigenvalue weighted by Crippen LogP contribution is -3.11. The molecule has 3 rings (SSSR count). The number of nitrogens with one attached hydrogen (secondary N) is 3. The Hall–Kier alpha value is -2.21. The number of rotatable bonds is 6. The van der Waals surface area contributed by atoms with Crippen molar-refractivity contribution in [2.24, 2.45) is 5.92 Å². The van der Waals surface area contributed by atoms with Crippen LogP contribution >= 0.6 is 0 Å². The van der Waals surface area contributed by atoms with Crippen LogP contribution in [0, 0.1) is 5.92 Å². The molecule has 1 unspecified atom stereocenters. The maximum absolute atomic E-state index is 12.4. The normalized spacial score (nSPS) is 21.5. The minimum Gasteiger partial charge on any atom is -0.348 e. The SMILES string of the molecule is CC[NH+](CC(=O)NC1CCC(C)CC1)Cc1nc2ccccc2c(=O)[nH]1. The van der Waals surface area contributed by atoms with E-state index in [2.05, 4.69) is 22.2 Å². The Balaban J connectivity index is 1.60. The fourth-order valence-electron chi connectivity index (χ4n) is 3.68. The van der Waals surface area contributed by atoms with E-state index in [0.29, 0.717) is 35.9 Å².